The van der Waals surface area contributed by atoms with Crippen molar-refractivity contribution in [1.82, 2.24) is 34.3 Å². The van der Waals surface area contributed by atoms with E-state index in [0.717, 1.165) is 90.8 Å². The van der Waals surface area contributed by atoms with Gasteiger partial charge in [0.1, 0.15) is 0 Å². The number of likely N-dealkylation sites (N-methyl/N-ethyl adjacent to an activating group) is 7. The van der Waals surface area contributed by atoms with Crippen LogP contribution in [0.2, 0.25) is 0 Å². The molecule has 21 rings (SSSR count). The van der Waals surface area contributed by atoms with E-state index < -0.39 is 0 Å². The molecule has 0 radical (unpaired) electrons. The largest absolute Gasteiger partial charge is 0.368 e. The SMILES string of the molecule is CN1CCC2(c3cccc4c3NC3N(C)CCC43c3cccc4c3NC3N(C)CCC43c3cccc4c3NC3N(C)CCC43c3cccc4c3NC3N(C)CCC43C34CCN(C)C3Nc3c(C56CCN(C)C5Nc5ccccc56)cccc34)c3ccccc3NC12. The van der Waals surface area contributed by atoms with Crippen LogP contribution in [-0.4, -0.2) is 173 Å². The summed E-state index contributed by atoms with van der Waals surface area (Å²) in [6.45, 7) is 7.29. The van der Waals surface area contributed by atoms with E-state index in [1.807, 2.05) is 0 Å². The molecule has 464 valence electrons. The molecule has 7 fully saturated rings. The zero-order valence-corrected chi connectivity index (χ0v) is 53.9. The van der Waals surface area contributed by atoms with Crippen molar-refractivity contribution in [2.24, 2.45) is 0 Å². The number of likely N-dealkylation sites (tertiary alicyclic amines) is 7. The molecule has 7 aromatic carbocycles. The Morgan fingerprint density at radius 2 is 0.440 bits per heavy atom. The van der Waals surface area contributed by atoms with Gasteiger partial charge in [0.25, 0.3) is 0 Å². The second-order valence-electron chi connectivity index (χ2n) is 31.0. The molecular weight excluding hydrogens is 1120 g/mol. The van der Waals surface area contributed by atoms with Gasteiger partial charge >= 0.3 is 0 Å². The van der Waals surface area contributed by atoms with Crippen LogP contribution in [0, 0.1) is 0 Å². The molecule has 7 N–H and O–H groups in total. The van der Waals surface area contributed by atoms with Crippen molar-refractivity contribution in [3.8, 4) is 0 Å². The Morgan fingerprint density at radius 3 is 0.747 bits per heavy atom. The Bertz CT molecular complexity index is 4340. The Balaban J connectivity index is 0.710. The number of para-hydroxylation sites is 7. The standard InChI is InChI=1S/C77H86N14/c1-85-38-31-71(45-17-8-10-29-57(45)78-64(71)85)47-19-12-20-48-59(47)80-66-73(48,33-40-87(66)3)49-21-13-22-50-60(49)81-67-74(50,34-41-88(67)4)51-23-14-24-52-61(51)82-68-75(52,35-42-89(68)5)54-26-16-28-56-63(54)84-70-77(56,37-44-91(70)7)76-36-43-90(6)69(76)83-62-53(25-15-27-55(62)76)72-32-39-86(2)65(72)79-58-30-11-9-18-46(58)72/h8-30,64-70,78-84H,31-44H2,1-7H3. The van der Waals surface area contributed by atoms with Crippen LogP contribution in [0.3, 0.4) is 0 Å². The molecule has 0 spiro atoms. The van der Waals surface area contributed by atoms with Gasteiger partial charge in [0.15, 0.2) is 0 Å². The van der Waals surface area contributed by atoms with Gasteiger partial charge in [0.05, 0.1) is 70.2 Å². The van der Waals surface area contributed by atoms with Gasteiger partial charge in [0, 0.05) is 96.5 Å². The van der Waals surface area contributed by atoms with E-state index in [2.05, 4.69) is 260 Å². The van der Waals surface area contributed by atoms with Crippen LogP contribution in [0.4, 0.5) is 39.8 Å². The van der Waals surface area contributed by atoms with Crippen LogP contribution in [0.1, 0.15) is 112 Å². The van der Waals surface area contributed by atoms with Crippen LogP contribution >= 0.6 is 0 Å². The molecule has 14 nitrogen and oxygen atoms in total. The van der Waals surface area contributed by atoms with E-state index >= 15 is 0 Å². The first kappa shape index (κ1) is 53.4. The molecule has 14 heteroatoms. The molecule has 14 unspecified atom stereocenters. The van der Waals surface area contributed by atoms with Crippen LogP contribution < -0.4 is 37.2 Å². The Morgan fingerprint density at radius 1 is 0.231 bits per heavy atom. The smallest absolute Gasteiger partial charge is 0.0933 e. The topological polar surface area (TPSA) is 107 Å². The molecule has 0 amide bonds. The van der Waals surface area contributed by atoms with E-state index in [0.29, 0.717) is 0 Å². The first-order valence-electron chi connectivity index (χ1n) is 34.5. The van der Waals surface area contributed by atoms with E-state index in [1.54, 1.807) is 0 Å². The summed E-state index contributed by atoms with van der Waals surface area (Å²) >= 11 is 0. The van der Waals surface area contributed by atoms with E-state index in [4.69, 9.17) is 0 Å². The lowest BCUT2D eigenvalue weighted by Crippen LogP contribution is -2.60. The maximum Gasteiger partial charge on any atom is 0.0933 e. The van der Waals surface area contributed by atoms with Gasteiger partial charge in [-0.3, -0.25) is 34.3 Å². The predicted molar refractivity (Wildman–Crippen MR) is 365 cm³/mol. The fraction of sp³-hybridized carbons (Fsp3) is 0.455. The lowest BCUT2D eigenvalue weighted by Gasteiger charge is -2.48. The second-order valence-corrected chi connectivity index (χ2v) is 31.0. The predicted octanol–water partition coefficient (Wildman–Crippen LogP) is 9.90. The number of nitrogens with one attached hydrogen (secondary N) is 7. The first-order valence-corrected chi connectivity index (χ1v) is 34.5. The summed E-state index contributed by atoms with van der Waals surface area (Å²) < 4.78 is 0. The number of anilines is 7. The fourth-order valence-corrected chi connectivity index (χ4v) is 24.4. The highest BCUT2D eigenvalue weighted by Gasteiger charge is 2.73. The molecule has 7 aromatic rings. The van der Waals surface area contributed by atoms with E-state index in [-0.39, 0.29) is 81.1 Å². The Labute approximate surface area is 536 Å². The maximum absolute atomic E-state index is 4.55. The number of nitrogens with zero attached hydrogens (tertiary/aromatic N) is 7. The van der Waals surface area contributed by atoms with E-state index in [9.17, 15) is 0 Å². The van der Waals surface area contributed by atoms with Crippen molar-refractivity contribution < 1.29 is 0 Å². The molecule has 14 atom stereocenters. The summed E-state index contributed by atoms with van der Waals surface area (Å²) in [4.78, 5) is 18.4. The molecule has 91 heavy (non-hydrogen) atoms. The number of fused-ring (bicyclic) bond motifs is 22. The highest BCUT2D eigenvalue weighted by Crippen LogP contribution is 2.71. The minimum Gasteiger partial charge on any atom is -0.368 e. The highest BCUT2D eigenvalue weighted by atomic mass is 15.4. The van der Waals surface area contributed by atoms with Crippen LogP contribution in [0.25, 0.3) is 0 Å². The molecular formula is C77H86N14. The normalized spacial score (nSPS) is 38.2. The minimum absolute atomic E-state index is 0.0875. The van der Waals surface area contributed by atoms with Crippen molar-refractivity contribution in [2.45, 2.75) is 126 Å². The van der Waals surface area contributed by atoms with Gasteiger partial charge in [0.2, 0.25) is 0 Å². The van der Waals surface area contributed by atoms with Crippen molar-refractivity contribution in [2.75, 3.05) is 132 Å². The van der Waals surface area contributed by atoms with Gasteiger partial charge in [-0.15, -0.1) is 0 Å². The van der Waals surface area contributed by atoms with Crippen LogP contribution in [0.15, 0.2) is 140 Å². The quantitative estimate of drug-likeness (QED) is 0.0860. The molecule has 14 heterocycles. The van der Waals surface area contributed by atoms with Gasteiger partial charge in [-0.2, -0.15) is 0 Å². The summed E-state index contributed by atoms with van der Waals surface area (Å²) in [6, 6.07) is 55.7. The molecule has 14 aliphatic rings. The number of benzene rings is 7. The van der Waals surface area contributed by atoms with Gasteiger partial charge in [-0.05, 0) is 173 Å². The summed E-state index contributed by atoms with van der Waals surface area (Å²) in [5.74, 6) is 0. The number of hydrogen-bond donors (Lipinski definition) is 7. The maximum atomic E-state index is 4.55. The lowest BCUT2D eigenvalue weighted by molar-refractivity contribution is 0.147. The molecule has 7 saturated heterocycles. The summed E-state index contributed by atoms with van der Waals surface area (Å²) in [6.07, 6.45) is 8.49. The minimum atomic E-state index is -0.294. The van der Waals surface area contributed by atoms with Crippen molar-refractivity contribution in [1.29, 1.82) is 0 Å². The average molecular weight is 1210 g/mol. The second kappa shape index (κ2) is 17.6. The first-order chi connectivity index (χ1) is 44.4. The molecule has 0 saturated carbocycles. The van der Waals surface area contributed by atoms with Crippen molar-refractivity contribution in [3.63, 3.8) is 0 Å². The molecule has 0 aliphatic carbocycles. The molecule has 0 aromatic heterocycles. The number of rotatable bonds is 6. The van der Waals surface area contributed by atoms with E-state index in [1.165, 1.54) is 107 Å². The Kier molecular flexibility index (Phi) is 10.3. The fourth-order valence-electron chi connectivity index (χ4n) is 24.4. The summed E-state index contributed by atoms with van der Waals surface area (Å²) in [5.41, 5.74) is 25.4. The third-order valence-electron chi connectivity index (χ3n) is 28.1. The zero-order valence-electron chi connectivity index (χ0n) is 53.9. The van der Waals surface area contributed by atoms with Gasteiger partial charge in [-0.1, -0.05) is 127 Å². The van der Waals surface area contributed by atoms with Crippen LogP contribution in [0.5, 0.6) is 0 Å². The lowest BCUT2D eigenvalue weighted by atomic mass is 9.54. The number of hydrogen-bond acceptors (Lipinski definition) is 14. The Hall–Kier alpha value is -7.14. The third kappa shape index (κ3) is 5.79. The van der Waals surface area contributed by atoms with Gasteiger partial charge < -0.3 is 37.2 Å². The zero-order chi connectivity index (χ0) is 60.7. The third-order valence-corrected chi connectivity index (χ3v) is 28.1. The monoisotopic (exact) mass is 1210 g/mol. The van der Waals surface area contributed by atoms with Gasteiger partial charge in [-0.25, -0.2) is 0 Å². The molecule has 0 bridgehead atoms. The average Bonchev–Trinajstić information content (AvgIpc) is 1.49. The molecule has 14 aliphatic heterocycles. The van der Waals surface area contributed by atoms with Crippen LogP contribution in [-0.2, 0) is 37.9 Å². The van der Waals surface area contributed by atoms with Crippen molar-refractivity contribution in [3.05, 3.63) is 206 Å². The highest BCUT2D eigenvalue weighted by molar-refractivity contribution is 5.86. The summed E-state index contributed by atoms with van der Waals surface area (Å²) in [5, 5.41) is 30.4. The van der Waals surface area contributed by atoms with Crippen molar-refractivity contribution >= 4 is 39.8 Å². The summed E-state index contributed by atoms with van der Waals surface area (Å²) in [7, 11) is 16.5.